The van der Waals surface area contributed by atoms with Crippen LogP contribution in [-0.2, 0) is 9.53 Å². The monoisotopic (exact) mass is 555 g/mol. The number of nitrogens with zero attached hydrogens (tertiary/aromatic N) is 4. The Bertz CT molecular complexity index is 733. The Balaban J connectivity index is 0.00000289. The van der Waals surface area contributed by atoms with Gasteiger partial charge in [0, 0.05) is 65.4 Å². The Kier molecular flexibility index (Phi) is 10.1. The van der Waals surface area contributed by atoms with Gasteiger partial charge in [-0.25, -0.2) is 0 Å². The number of guanidine groups is 1. The lowest BCUT2D eigenvalue weighted by atomic mass is 9.95. The summed E-state index contributed by atoms with van der Waals surface area (Å²) in [6, 6.07) is 10.5. The van der Waals surface area contributed by atoms with Crippen molar-refractivity contribution in [1.29, 1.82) is 0 Å². The predicted molar refractivity (Wildman–Crippen MR) is 138 cm³/mol. The molecule has 3 fully saturated rings. The van der Waals surface area contributed by atoms with E-state index < -0.39 is 0 Å². The number of benzene rings is 1. The number of nitrogens with one attached hydrogen (secondary N) is 1. The van der Waals surface area contributed by atoms with Crippen LogP contribution in [-0.4, -0.2) is 92.6 Å². The molecule has 1 aromatic rings. The third kappa shape index (κ3) is 6.57. The number of hydrogen-bond acceptors (Lipinski definition) is 4. The van der Waals surface area contributed by atoms with Crippen LogP contribution >= 0.6 is 24.0 Å². The van der Waals surface area contributed by atoms with E-state index in [-0.39, 0.29) is 30.1 Å². The molecule has 0 spiro atoms. The van der Waals surface area contributed by atoms with Gasteiger partial charge in [0.2, 0.25) is 5.91 Å². The smallest absolute Gasteiger partial charge is 0.236 e. The van der Waals surface area contributed by atoms with Crippen LogP contribution in [0.15, 0.2) is 35.3 Å². The average molecular weight is 556 g/mol. The van der Waals surface area contributed by atoms with Gasteiger partial charge >= 0.3 is 0 Å². The minimum atomic E-state index is 0. The molecule has 4 rings (SSSR count). The minimum Gasteiger partial charge on any atom is -0.373 e. The SMILES string of the molecule is CN=C(NCC1CCOC1c1ccccc1)N1CCN(CC(=O)N2CCCCC2)CC1.I. The van der Waals surface area contributed by atoms with Gasteiger partial charge in [-0.3, -0.25) is 14.7 Å². The molecular weight excluding hydrogens is 517 g/mol. The molecule has 1 N–H and O–H groups in total. The molecule has 0 bridgehead atoms. The van der Waals surface area contributed by atoms with Gasteiger partial charge < -0.3 is 19.9 Å². The Morgan fingerprint density at radius 1 is 1.03 bits per heavy atom. The fourth-order valence-electron chi connectivity index (χ4n) is 4.96. The number of rotatable bonds is 5. The van der Waals surface area contributed by atoms with Crippen LogP contribution < -0.4 is 5.32 Å². The fraction of sp³-hybridized carbons (Fsp3) is 0.667. The summed E-state index contributed by atoms with van der Waals surface area (Å²) in [7, 11) is 1.86. The van der Waals surface area contributed by atoms with E-state index in [9.17, 15) is 4.79 Å². The molecule has 1 aromatic carbocycles. The number of hydrogen-bond donors (Lipinski definition) is 1. The maximum atomic E-state index is 12.6. The van der Waals surface area contributed by atoms with E-state index in [1.54, 1.807) is 0 Å². The van der Waals surface area contributed by atoms with Crippen molar-refractivity contribution in [2.75, 3.05) is 66.0 Å². The van der Waals surface area contributed by atoms with Crippen molar-refractivity contribution in [2.45, 2.75) is 31.8 Å². The molecule has 0 radical (unpaired) electrons. The number of likely N-dealkylation sites (tertiary alicyclic amines) is 1. The summed E-state index contributed by atoms with van der Waals surface area (Å²) in [5.41, 5.74) is 1.26. The molecule has 3 heterocycles. The third-order valence-electron chi connectivity index (χ3n) is 6.82. The van der Waals surface area contributed by atoms with Gasteiger partial charge in [-0.05, 0) is 31.2 Å². The molecule has 2 atom stereocenters. The molecule has 3 aliphatic rings. The molecule has 0 saturated carbocycles. The van der Waals surface area contributed by atoms with Gasteiger partial charge in [0.15, 0.2) is 5.96 Å². The van der Waals surface area contributed by atoms with Gasteiger partial charge in [-0.15, -0.1) is 24.0 Å². The van der Waals surface area contributed by atoms with Crippen LogP contribution in [0.2, 0.25) is 0 Å². The highest BCUT2D eigenvalue weighted by Crippen LogP contribution is 2.33. The maximum absolute atomic E-state index is 12.6. The first-order valence-corrected chi connectivity index (χ1v) is 11.9. The number of amides is 1. The summed E-state index contributed by atoms with van der Waals surface area (Å²) in [6.45, 7) is 7.70. The van der Waals surface area contributed by atoms with E-state index >= 15 is 0 Å². The van der Waals surface area contributed by atoms with Gasteiger partial charge in [0.1, 0.15) is 0 Å². The van der Waals surface area contributed by atoms with Crippen molar-refractivity contribution in [1.82, 2.24) is 20.0 Å². The minimum absolute atomic E-state index is 0. The van der Waals surface area contributed by atoms with E-state index in [0.717, 1.165) is 77.6 Å². The van der Waals surface area contributed by atoms with Gasteiger partial charge in [0.05, 0.1) is 12.6 Å². The number of ether oxygens (including phenoxy) is 1. The van der Waals surface area contributed by atoms with E-state index in [1.165, 1.54) is 12.0 Å². The van der Waals surface area contributed by atoms with Gasteiger partial charge in [-0.1, -0.05) is 30.3 Å². The van der Waals surface area contributed by atoms with Crippen LogP contribution in [0.4, 0.5) is 0 Å². The highest BCUT2D eigenvalue weighted by molar-refractivity contribution is 14.0. The Labute approximate surface area is 209 Å². The van der Waals surface area contributed by atoms with Gasteiger partial charge in [0.25, 0.3) is 0 Å². The van der Waals surface area contributed by atoms with E-state index in [2.05, 4.69) is 44.4 Å². The number of piperazine rings is 1. The second-order valence-electron chi connectivity index (χ2n) is 8.88. The largest absolute Gasteiger partial charge is 0.373 e. The highest BCUT2D eigenvalue weighted by Gasteiger charge is 2.30. The molecule has 3 aliphatic heterocycles. The number of carbonyl (C=O) groups is 1. The topological polar surface area (TPSA) is 60.4 Å². The van der Waals surface area contributed by atoms with Crippen molar-refractivity contribution in [3.05, 3.63) is 35.9 Å². The van der Waals surface area contributed by atoms with Crippen molar-refractivity contribution >= 4 is 35.8 Å². The molecule has 8 heteroatoms. The lowest BCUT2D eigenvalue weighted by molar-refractivity contribution is -0.133. The Morgan fingerprint density at radius 2 is 1.75 bits per heavy atom. The number of aliphatic imine (C=N–C) groups is 1. The molecule has 7 nitrogen and oxygen atoms in total. The first kappa shape index (κ1) is 25.2. The first-order valence-electron chi connectivity index (χ1n) is 11.9. The molecule has 2 unspecified atom stereocenters. The third-order valence-corrected chi connectivity index (χ3v) is 6.82. The number of halogens is 1. The van der Waals surface area contributed by atoms with Crippen LogP contribution in [0.3, 0.4) is 0 Å². The lowest BCUT2D eigenvalue weighted by Crippen LogP contribution is -2.54. The number of carbonyl (C=O) groups excluding carboxylic acids is 1. The molecule has 3 saturated heterocycles. The van der Waals surface area contributed by atoms with Crippen LogP contribution in [0.1, 0.15) is 37.4 Å². The van der Waals surface area contributed by atoms with Gasteiger partial charge in [-0.2, -0.15) is 0 Å². The quantitative estimate of drug-likeness (QED) is 0.344. The van der Waals surface area contributed by atoms with E-state index in [1.807, 2.05) is 18.0 Å². The zero-order valence-electron chi connectivity index (χ0n) is 19.2. The predicted octanol–water partition coefficient (Wildman–Crippen LogP) is 2.59. The Hall–Kier alpha value is -1.39. The number of piperidine rings is 1. The molecular formula is C24H38IN5O2. The second-order valence-corrected chi connectivity index (χ2v) is 8.88. The zero-order valence-corrected chi connectivity index (χ0v) is 21.6. The molecule has 178 valence electrons. The summed E-state index contributed by atoms with van der Waals surface area (Å²) in [5, 5.41) is 3.59. The van der Waals surface area contributed by atoms with E-state index in [0.29, 0.717) is 18.4 Å². The summed E-state index contributed by atoms with van der Waals surface area (Å²) >= 11 is 0. The Morgan fingerprint density at radius 3 is 2.44 bits per heavy atom. The van der Waals surface area contributed by atoms with Crippen LogP contribution in [0, 0.1) is 5.92 Å². The normalized spacial score (nSPS) is 24.8. The zero-order chi connectivity index (χ0) is 21.5. The molecule has 0 aromatic heterocycles. The first-order chi connectivity index (χ1) is 15.2. The summed E-state index contributed by atoms with van der Waals surface area (Å²) in [6.07, 6.45) is 4.78. The molecule has 1 amide bonds. The van der Waals surface area contributed by atoms with Crippen molar-refractivity contribution in [3.63, 3.8) is 0 Å². The summed E-state index contributed by atoms with van der Waals surface area (Å²) < 4.78 is 6.03. The van der Waals surface area contributed by atoms with Crippen molar-refractivity contribution in [2.24, 2.45) is 10.9 Å². The summed E-state index contributed by atoms with van der Waals surface area (Å²) in [4.78, 5) is 23.7. The van der Waals surface area contributed by atoms with E-state index in [4.69, 9.17) is 4.74 Å². The second kappa shape index (κ2) is 12.7. The lowest BCUT2D eigenvalue weighted by Gasteiger charge is -2.37. The van der Waals surface area contributed by atoms with Crippen LogP contribution in [0.5, 0.6) is 0 Å². The van der Waals surface area contributed by atoms with Crippen molar-refractivity contribution in [3.8, 4) is 0 Å². The highest BCUT2D eigenvalue weighted by atomic mass is 127. The standard InChI is InChI=1S/C24H37N5O2.HI/c1-25-24(26-18-21-10-17-31-23(21)20-8-4-2-5-9-20)29-15-13-27(14-16-29)19-22(30)28-11-6-3-7-12-28;/h2,4-5,8-9,21,23H,3,6-7,10-19H2,1H3,(H,25,26);1H. The summed E-state index contributed by atoms with van der Waals surface area (Å²) in [5.74, 6) is 1.70. The molecule has 0 aliphatic carbocycles. The maximum Gasteiger partial charge on any atom is 0.236 e. The van der Waals surface area contributed by atoms with Crippen LogP contribution in [0.25, 0.3) is 0 Å². The fourth-order valence-corrected chi connectivity index (χ4v) is 4.96. The van der Waals surface area contributed by atoms with Crippen molar-refractivity contribution < 1.29 is 9.53 Å². The molecule has 32 heavy (non-hydrogen) atoms. The average Bonchev–Trinajstić information content (AvgIpc) is 3.30.